The second-order valence-corrected chi connectivity index (χ2v) is 4.31. The summed E-state index contributed by atoms with van der Waals surface area (Å²) in [5.41, 5.74) is 0. The fourth-order valence-electron chi connectivity index (χ4n) is 0.522. The second-order valence-electron chi connectivity index (χ2n) is 1.77. The predicted molar refractivity (Wildman–Crippen MR) is 36.4 cm³/mol. The van der Waals surface area contributed by atoms with E-state index in [1.54, 1.807) is 6.92 Å². The Hall–Kier alpha value is -0.550. The van der Waals surface area contributed by atoms with Crippen LogP contribution < -0.4 is 0 Å². The van der Waals surface area contributed by atoms with Crippen molar-refractivity contribution >= 4 is 19.7 Å². The average molecular weight is 181 g/mol. The summed E-state index contributed by atoms with van der Waals surface area (Å²) in [4.78, 5) is 6.15. The molecule has 0 bridgehead atoms. The number of hydrogen-bond acceptors (Lipinski definition) is 3. The third-order valence-electron chi connectivity index (χ3n) is 0.942. The quantitative estimate of drug-likeness (QED) is 0.646. The van der Waals surface area contributed by atoms with Crippen LogP contribution in [0.4, 0.5) is 0 Å². The van der Waals surface area contributed by atoms with Gasteiger partial charge < -0.3 is 4.98 Å². The average Bonchev–Trinajstić information content (AvgIpc) is 2.11. The van der Waals surface area contributed by atoms with Crippen LogP contribution in [0, 0.1) is 6.92 Å². The van der Waals surface area contributed by atoms with E-state index in [2.05, 4.69) is 9.97 Å². The van der Waals surface area contributed by atoms with Gasteiger partial charge >= 0.3 is 0 Å². The van der Waals surface area contributed by atoms with Gasteiger partial charge in [0.15, 0.2) is 5.03 Å². The summed E-state index contributed by atoms with van der Waals surface area (Å²) in [6.45, 7) is 1.64. The molecule has 10 heavy (non-hydrogen) atoms. The fourth-order valence-corrected chi connectivity index (χ4v) is 1.21. The molecule has 0 spiro atoms. The second kappa shape index (κ2) is 2.25. The minimum absolute atomic E-state index is 0.0633. The van der Waals surface area contributed by atoms with E-state index < -0.39 is 9.05 Å². The Labute approximate surface area is 62.7 Å². The van der Waals surface area contributed by atoms with Gasteiger partial charge in [-0.2, -0.15) is 0 Å². The minimum Gasteiger partial charge on any atom is -0.332 e. The predicted octanol–water partition coefficient (Wildman–Crippen LogP) is 0.646. The first kappa shape index (κ1) is 7.56. The highest BCUT2D eigenvalue weighted by Gasteiger charge is 2.11. The Morgan fingerprint density at radius 1 is 1.70 bits per heavy atom. The summed E-state index contributed by atoms with van der Waals surface area (Å²) >= 11 is 0. The zero-order chi connectivity index (χ0) is 7.78. The number of rotatable bonds is 1. The molecule has 6 heteroatoms. The van der Waals surface area contributed by atoms with Crippen molar-refractivity contribution in [3.8, 4) is 0 Å². The number of hydrogen-bond donors (Lipinski definition) is 1. The van der Waals surface area contributed by atoms with Crippen molar-refractivity contribution in [3.05, 3.63) is 12.0 Å². The topological polar surface area (TPSA) is 62.8 Å². The van der Waals surface area contributed by atoms with Gasteiger partial charge in [-0.15, -0.1) is 0 Å². The number of aromatic nitrogens is 2. The van der Waals surface area contributed by atoms with Gasteiger partial charge in [-0.3, -0.25) is 0 Å². The first-order valence-electron chi connectivity index (χ1n) is 2.46. The standard InChI is InChI=1S/C4H5ClN2O2S/c1-3-6-2-4(7-3)10(5,8)9/h2H,1H3,(H,6,7). The lowest BCUT2D eigenvalue weighted by atomic mass is 10.8. The zero-order valence-electron chi connectivity index (χ0n) is 5.13. The van der Waals surface area contributed by atoms with E-state index >= 15 is 0 Å². The molecule has 0 atom stereocenters. The molecule has 0 aliphatic rings. The fraction of sp³-hybridized carbons (Fsp3) is 0.250. The minimum atomic E-state index is -3.63. The van der Waals surface area contributed by atoms with Gasteiger partial charge in [0.1, 0.15) is 5.82 Å². The Balaban J connectivity index is 3.21. The normalized spacial score (nSPS) is 11.8. The zero-order valence-corrected chi connectivity index (χ0v) is 6.70. The van der Waals surface area contributed by atoms with Gasteiger partial charge in [-0.05, 0) is 6.92 Å². The largest absolute Gasteiger partial charge is 0.332 e. The van der Waals surface area contributed by atoms with E-state index in [4.69, 9.17) is 10.7 Å². The monoisotopic (exact) mass is 180 g/mol. The van der Waals surface area contributed by atoms with Crippen LogP contribution >= 0.6 is 10.7 Å². The van der Waals surface area contributed by atoms with E-state index in [1.165, 1.54) is 6.20 Å². The molecular weight excluding hydrogens is 176 g/mol. The number of imidazole rings is 1. The first-order valence-corrected chi connectivity index (χ1v) is 4.77. The molecule has 0 aromatic carbocycles. The molecule has 0 unspecified atom stereocenters. The van der Waals surface area contributed by atoms with Gasteiger partial charge in [0.2, 0.25) is 0 Å². The van der Waals surface area contributed by atoms with Gasteiger partial charge in [-0.25, -0.2) is 13.4 Å². The Morgan fingerprint density at radius 2 is 2.30 bits per heavy atom. The lowest BCUT2D eigenvalue weighted by Crippen LogP contribution is -1.89. The van der Waals surface area contributed by atoms with Crippen LogP contribution in [0.1, 0.15) is 5.82 Å². The maximum absolute atomic E-state index is 10.5. The van der Waals surface area contributed by atoms with Gasteiger partial charge in [0.05, 0.1) is 6.20 Å². The van der Waals surface area contributed by atoms with Crippen molar-refractivity contribution < 1.29 is 8.42 Å². The molecule has 1 heterocycles. The molecule has 0 saturated heterocycles. The van der Waals surface area contributed by atoms with Crippen LogP contribution in [0.3, 0.4) is 0 Å². The summed E-state index contributed by atoms with van der Waals surface area (Å²) in [6.07, 6.45) is 1.18. The van der Waals surface area contributed by atoms with Gasteiger partial charge in [-0.1, -0.05) is 0 Å². The number of nitrogens with zero attached hydrogens (tertiary/aromatic N) is 1. The first-order chi connectivity index (χ1) is 4.50. The summed E-state index contributed by atoms with van der Waals surface area (Å²) < 4.78 is 21.1. The van der Waals surface area contributed by atoms with Gasteiger partial charge in [0, 0.05) is 10.7 Å². The Morgan fingerprint density at radius 3 is 2.50 bits per heavy atom. The van der Waals surface area contributed by atoms with E-state index in [-0.39, 0.29) is 5.03 Å². The highest BCUT2D eigenvalue weighted by molar-refractivity contribution is 8.13. The van der Waals surface area contributed by atoms with Gasteiger partial charge in [0.25, 0.3) is 9.05 Å². The SMILES string of the molecule is Cc1ncc(S(=O)(=O)Cl)[nH]1. The maximum atomic E-state index is 10.5. The molecule has 0 aliphatic carbocycles. The van der Waals surface area contributed by atoms with E-state index in [0.29, 0.717) is 5.82 Å². The van der Waals surface area contributed by atoms with Crippen LogP contribution in [0.25, 0.3) is 0 Å². The maximum Gasteiger partial charge on any atom is 0.278 e. The summed E-state index contributed by atoms with van der Waals surface area (Å²) in [7, 11) is 1.35. The van der Waals surface area contributed by atoms with E-state index in [9.17, 15) is 8.42 Å². The lowest BCUT2D eigenvalue weighted by Gasteiger charge is -1.84. The molecule has 0 amide bonds. The molecule has 4 nitrogen and oxygen atoms in total. The molecule has 1 aromatic rings. The van der Waals surface area contributed by atoms with Crippen molar-refractivity contribution in [1.29, 1.82) is 0 Å². The number of H-pyrrole nitrogens is 1. The molecular formula is C4H5ClN2O2S. The molecule has 0 aliphatic heterocycles. The summed E-state index contributed by atoms with van der Waals surface area (Å²) in [5.74, 6) is 0.527. The third kappa shape index (κ3) is 1.48. The summed E-state index contributed by atoms with van der Waals surface area (Å²) in [5, 5.41) is -0.0633. The molecule has 1 N–H and O–H groups in total. The van der Waals surface area contributed by atoms with Crippen molar-refractivity contribution in [3.63, 3.8) is 0 Å². The lowest BCUT2D eigenvalue weighted by molar-refractivity contribution is 0.606. The van der Waals surface area contributed by atoms with Crippen molar-refractivity contribution in [2.45, 2.75) is 11.9 Å². The molecule has 0 fully saturated rings. The number of aromatic amines is 1. The number of nitrogens with one attached hydrogen (secondary N) is 1. The summed E-state index contributed by atoms with van der Waals surface area (Å²) in [6, 6.07) is 0. The highest BCUT2D eigenvalue weighted by Crippen LogP contribution is 2.10. The van der Waals surface area contributed by atoms with Crippen molar-refractivity contribution in [1.82, 2.24) is 9.97 Å². The number of halogens is 1. The van der Waals surface area contributed by atoms with Crippen LogP contribution in [0.2, 0.25) is 0 Å². The van der Waals surface area contributed by atoms with Crippen LogP contribution in [-0.4, -0.2) is 18.4 Å². The van der Waals surface area contributed by atoms with E-state index in [1.807, 2.05) is 0 Å². The molecule has 1 aromatic heterocycles. The molecule has 1 rings (SSSR count). The Bertz CT molecular complexity index is 329. The van der Waals surface area contributed by atoms with Crippen molar-refractivity contribution in [2.24, 2.45) is 0 Å². The Kier molecular flexibility index (Phi) is 1.70. The molecule has 0 radical (unpaired) electrons. The van der Waals surface area contributed by atoms with E-state index in [0.717, 1.165) is 0 Å². The van der Waals surface area contributed by atoms with Crippen LogP contribution in [0.5, 0.6) is 0 Å². The van der Waals surface area contributed by atoms with Crippen LogP contribution in [0.15, 0.2) is 11.2 Å². The van der Waals surface area contributed by atoms with Crippen molar-refractivity contribution in [2.75, 3.05) is 0 Å². The third-order valence-corrected chi connectivity index (χ3v) is 2.17. The van der Waals surface area contributed by atoms with Crippen LogP contribution in [-0.2, 0) is 9.05 Å². The number of aryl methyl sites for hydroxylation is 1. The molecule has 0 saturated carbocycles. The smallest absolute Gasteiger partial charge is 0.278 e. The highest BCUT2D eigenvalue weighted by atomic mass is 35.7. The molecule has 56 valence electrons.